The Morgan fingerprint density at radius 1 is 1.47 bits per heavy atom. The van der Waals surface area contributed by atoms with E-state index in [-0.39, 0.29) is 0 Å². The fraction of sp³-hybridized carbons (Fsp3) is 0. The Labute approximate surface area is 90.8 Å². The quantitative estimate of drug-likeness (QED) is 0.491. The van der Waals surface area contributed by atoms with Crippen LogP contribution in [0.2, 0.25) is 5.15 Å². The second-order valence-corrected chi connectivity index (χ2v) is 3.00. The van der Waals surface area contributed by atoms with Gasteiger partial charge in [0.2, 0.25) is 0 Å². The molecular formula is C9H7ClN4O. The van der Waals surface area contributed by atoms with Crippen LogP contribution in [0.25, 0.3) is 0 Å². The summed E-state index contributed by atoms with van der Waals surface area (Å²) in [5.41, 5.74) is 2.70. The maximum atomic E-state index is 5.66. The van der Waals surface area contributed by atoms with Crippen LogP contribution in [0, 0.1) is 0 Å². The molecule has 0 aromatic carbocycles. The first kappa shape index (κ1) is 9.67. The first-order chi connectivity index (χ1) is 7.34. The number of rotatable bonds is 3. The zero-order valence-electron chi connectivity index (χ0n) is 7.59. The number of halogens is 1. The lowest BCUT2D eigenvalue weighted by molar-refractivity contribution is 0.560. The molecule has 2 heterocycles. The van der Waals surface area contributed by atoms with Gasteiger partial charge in [0, 0.05) is 6.07 Å². The van der Waals surface area contributed by atoms with Crippen molar-refractivity contribution < 1.29 is 4.42 Å². The molecule has 2 aromatic heterocycles. The lowest BCUT2D eigenvalue weighted by atomic mass is 10.5. The van der Waals surface area contributed by atoms with Crippen molar-refractivity contribution in [3.63, 3.8) is 0 Å². The summed E-state index contributed by atoms with van der Waals surface area (Å²) >= 11 is 5.66. The SMILES string of the molecule is Clc1cc(N/N=C\c2ccco2)ncn1. The smallest absolute Gasteiger partial charge is 0.151 e. The molecule has 0 saturated carbocycles. The summed E-state index contributed by atoms with van der Waals surface area (Å²) in [6.07, 6.45) is 4.46. The molecule has 5 nitrogen and oxygen atoms in total. The van der Waals surface area contributed by atoms with Crippen LogP contribution in [0.4, 0.5) is 5.82 Å². The van der Waals surface area contributed by atoms with Crippen LogP contribution in [0.1, 0.15) is 5.76 Å². The summed E-state index contributed by atoms with van der Waals surface area (Å²) < 4.78 is 5.05. The van der Waals surface area contributed by atoms with Crippen LogP contribution in [-0.2, 0) is 0 Å². The molecule has 2 aromatic rings. The predicted octanol–water partition coefficient (Wildman–Crippen LogP) is 2.17. The Hall–Kier alpha value is -1.88. The Balaban J connectivity index is 1.99. The first-order valence-electron chi connectivity index (χ1n) is 4.15. The summed E-state index contributed by atoms with van der Waals surface area (Å²) in [5.74, 6) is 1.18. The van der Waals surface area contributed by atoms with Gasteiger partial charge in [-0.05, 0) is 12.1 Å². The summed E-state index contributed by atoms with van der Waals surface area (Å²) in [7, 11) is 0. The lowest BCUT2D eigenvalue weighted by Gasteiger charge is -1.96. The maximum Gasteiger partial charge on any atom is 0.151 e. The molecule has 0 unspecified atom stereocenters. The van der Waals surface area contributed by atoms with Crippen LogP contribution < -0.4 is 5.43 Å². The van der Waals surface area contributed by atoms with Gasteiger partial charge in [-0.3, -0.25) is 5.43 Å². The Morgan fingerprint density at radius 3 is 3.13 bits per heavy atom. The van der Waals surface area contributed by atoms with Crippen molar-refractivity contribution >= 4 is 23.6 Å². The third kappa shape index (κ3) is 2.78. The van der Waals surface area contributed by atoms with Crippen LogP contribution >= 0.6 is 11.6 Å². The van der Waals surface area contributed by atoms with Gasteiger partial charge in [-0.1, -0.05) is 11.6 Å². The molecule has 0 atom stereocenters. The molecule has 0 aliphatic heterocycles. The highest BCUT2D eigenvalue weighted by molar-refractivity contribution is 6.29. The zero-order chi connectivity index (χ0) is 10.5. The topological polar surface area (TPSA) is 63.3 Å². The zero-order valence-corrected chi connectivity index (χ0v) is 8.35. The van der Waals surface area contributed by atoms with E-state index in [1.54, 1.807) is 24.5 Å². The fourth-order valence-electron chi connectivity index (χ4n) is 0.921. The van der Waals surface area contributed by atoms with Gasteiger partial charge in [0.25, 0.3) is 0 Å². The van der Waals surface area contributed by atoms with E-state index in [0.717, 1.165) is 0 Å². The molecule has 0 saturated heterocycles. The van der Waals surface area contributed by atoms with Crippen LogP contribution in [0.3, 0.4) is 0 Å². The molecule has 1 N–H and O–H groups in total. The van der Waals surface area contributed by atoms with Crippen molar-refractivity contribution in [2.75, 3.05) is 5.43 Å². The molecule has 6 heteroatoms. The highest BCUT2D eigenvalue weighted by Crippen LogP contribution is 2.08. The van der Waals surface area contributed by atoms with Crippen molar-refractivity contribution in [3.05, 3.63) is 41.7 Å². The summed E-state index contributed by atoms with van der Waals surface area (Å²) in [5, 5.41) is 4.27. The van der Waals surface area contributed by atoms with Gasteiger partial charge in [0.05, 0.1) is 12.5 Å². The van der Waals surface area contributed by atoms with Gasteiger partial charge in [0.15, 0.2) is 5.82 Å². The molecular weight excluding hydrogens is 216 g/mol. The average Bonchev–Trinajstić information content (AvgIpc) is 2.71. The van der Waals surface area contributed by atoms with E-state index >= 15 is 0 Å². The van der Waals surface area contributed by atoms with E-state index in [1.807, 2.05) is 0 Å². The highest BCUT2D eigenvalue weighted by atomic mass is 35.5. The molecule has 0 aliphatic rings. The van der Waals surface area contributed by atoms with Gasteiger partial charge < -0.3 is 4.42 Å². The third-order valence-corrected chi connectivity index (χ3v) is 1.75. The van der Waals surface area contributed by atoms with Crippen molar-refractivity contribution in [1.82, 2.24) is 9.97 Å². The number of anilines is 1. The van der Waals surface area contributed by atoms with Crippen molar-refractivity contribution in [1.29, 1.82) is 0 Å². The number of hydrazone groups is 1. The third-order valence-electron chi connectivity index (χ3n) is 1.55. The van der Waals surface area contributed by atoms with Gasteiger partial charge in [-0.25, -0.2) is 9.97 Å². The lowest BCUT2D eigenvalue weighted by Crippen LogP contribution is -1.93. The number of furan rings is 1. The fourth-order valence-corrected chi connectivity index (χ4v) is 1.07. The van der Waals surface area contributed by atoms with E-state index in [9.17, 15) is 0 Å². The number of nitrogens with one attached hydrogen (secondary N) is 1. The van der Waals surface area contributed by atoms with E-state index < -0.39 is 0 Å². The number of nitrogens with zero attached hydrogens (tertiary/aromatic N) is 3. The monoisotopic (exact) mass is 222 g/mol. The Morgan fingerprint density at radius 2 is 2.40 bits per heavy atom. The van der Waals surface area contributed by atoms with Crippen LogP contribution in [0.15, 0.2) is 40.3 Å². The second-order valence-electron chi connectivity index (χ2n) is 2.61. The van der Waals surface area contributed by atoms with E-state index in [2.05, 4.69) is 20.5 Å². The standard InChI is InChI=1S/C9H7ClN4O/c10-8-4-9(12-6-11-8)14-13-5-7-2-1-3-15-7/h1-6H,(H,11,12,14)/b13-5-. The number of hydrogen-bond acceptors (Lipinski definition) is 5. The minimum Gasteiger partial charge on any atom is -0.463 e. The first-order valence-corrected chi connectivity index (χ1v) is 4.52. The van der Waals surface area contributed by atoms with Gasteiger partial charge >= 0.3 is 0 Å². The molecule has 76 valence electrons. The molecule has 0 spiro atoms. The minimum absolute atomic E-state index is 0.362. The van der Waals surface area contributed by atoms with Gasteiger partial charge in [0.1, 0.15) is 17.2 Å². The molecule has 0 fully saturated rings. The summed E-state index contributed by atoms with van der Waals surface area (Å²) in [6, 6.07) is 5.14. The second kappa shape index (κ2) is 4.56. The summed E-state index contributed by atoms with van der Waals surface area (Å²) in [6.45, 7) is 0. The molecule has 2 rings (SSSR count). The largest absolute Gasteiger partial charge is 0.463 e. The van der Waals surface area contributed by atoms with Crippen molar-refractivity contribution in [2.24, 2.45) is 5.10 Å². The molecule has 0 amide bonds. The van der Waals surface area contributed by atoms with E-state index in [4.69, 9.17) is 16.0 Å². The predicted molar refractivity (Wildman–Crippen MR) is 57.0 cm³/mol. The average molecular weight is 223 g/mol. The molecule has 0 bridgehead atoms. The summed E-state index contributed by atoms with van der Waals surface area (Å²) in [4.78, 5) is 7.65. The normalized spacial score (nSPS) is 10.7. The Bertz CT molecular complexity index is 455. The molecule has 15 heavy (non-hydrogen) atoms. The minimum atomic E-state index is 0.362. The van der Waals surface area contributed by atoms with E-state index in [0.29, 0.717) is 16.7 Å². The Kier molecular flexibility index (Phi) is 2.94. The van der Waals surface area contributed by atoms with Crippen molar-refractivity contribution in [2.45, 2.75) is 0 Å². The molecule has 0 aliphatic carbocycles. The number of hydrogen-bond donors (Lipinski definition) is 1. The molecule has 0 radical (unpaired) electrons. The number of aromatic nitrogens is 2. The van der Waals surface area contributed by atoms with Crippen LogP contribution in [0.5, 0.6) is 0 Å². The van der Waals surface area contributed by atoms with E-state index in [1.165, 1.54) is 12.5 Å². The van der Waals surface area contributed by atoms with Gasteiger partial charge in [-0.15, -0.1) is 0 Å². The van der Waals surface area contributed by atoms with Crippen molar-refractivity contribution in [3.8, 4) is 0 Å². The maximum absolute atomic E-state index is 5.66. The van der Waals surface area contributed by atoms with Crippen LogP contribution in [-0.4, -0.2) is 16.2 Å². The van der Waals surface area contributed by atoms with Gasteiger partial charge in [-0.2, -0.15) is 5.10 Å². The highest BCUT2D eigenvalue weighted by Gasteiger charge is 1.93.